The van der Waals surface area contributed by atoms with Gasteiger partial charge in [-0.15, -0.1) is 0 Å². The maximum Gasteiger partial charge on any atom is 0.136 e. The molecular formula is C79H72N2O. The monoisotopic (exact) mass is 1060 g/mol. The van der Waals surface area contributed by atoms with Gasteiger partial charge in [-0.05, 0) is 184 Å². The van der Waals surface area contributed by atoms with Crippen LogP contribution < -0.4 is 9.80 Å². The highest BCUT2D eigenvalue weighted by Gasteiger charge is 2.53. The summed E-state index contributed by atoms with van der Waals surface area (Å²) in [5.41, 5.74) is 23.3. The lowest BCUT2D eigenvalue weighted by molar-refractivity contribution is 0.590. The zero-order valence-electron chi connectivity index (χ0n) is 49.6. The van der Waals surface area contributed by atoms with E-state index in [0.29, 0.717) is 0 Å². The maximum absolute atomic E-state index is 6.90. The molecule has 0 saturated heterocycles. The van der Waals surface area contributed by atoms with Gasteiger partial charge in [0, 0.05) is 50.0 Å². The number of hydrogen-bond donors (Lipinski definition) is 0. The topological polar surface area (TPSA) is 19.6 Å². The van der Waals surface area contributed by atoms with E-state index in [-0.39, 0.29) is 21.7 Å². The van der Waals surface area contributed by atoms with Crippen molar-refractivity contribution < 1.29 is 4.42 Å². The smallest absolute Gasteiger partial charge is 0.136 e. The molecule has 3 nitrogen and oxygen atoms in total. The number of benzene rings is 11. The van der Waals surface area contributed by atoms with Crippen molar-refractivity contribution >= 4 is 77.6 Å². The van der Waals surface area contributed by atoms with E-state index in [1.807, 2.05) is 0 Å². The molecule has 2 aliphatic rings. The van der Waals surface area contributed by atoms with Crippen LogP contribution in [0.3, 0.4) is 0 Å². The van der Waals surface area contributed by atoms with Gasteiger partial charge in [0.2, 0.25) is 0 Å². The molecule has 1 heterocycles. The molecule has 82 heavy (non-hydrogen) atoms. The lowest BCUT2D eigenvalue weighted by Crippen LogP contribution is -2.26. The van der Waals surface area contributed by atoms with Crippen molar-refractivity contribution in [2.45, 2.75) is 110 Å². The molecule has 1 aromatic heterocycles. The van der Waals surface area contributed by atoms with Crippen molar-refractivity contribution in [3.8, 4) is 22.3 Å². The highest BCUT2D eigenvalue weighted by Crippen LogP contribution is 2.67. The molecule has 0 atom stereocenters. The number of anilines is 6. The zero-order chi connectivity index (χ0) is 56.8. The minimum absolute atomic E-state index is 0.00936. The van der Waals surface area contributed by atoms with E-state index >= 15 is 0 Å². The van der Waals surface area contributed by atoms with Gasteiger partial charge in [-0.1, -0.05) is 217 Å². The third-order valence-electron chi connectivity index (χ3n) is 18.1. The summed E-state index contributed by atoms with van der Waals surface area (Å²) in [6, 6.07) is 83.4. The summed E-state index contributed by atoms with van der Waals surface area (Å²) in [4.78, 5) is 4.97. The Morgan fingerprint density at radius 3 is 1.26 bits per heavy atom. The second-order valence-corrected chi connectivity index (χ2v) is 27.4. The van der Waals surface area contributed by atoms with Crippen molar-refractivity contribution in [1.82, 2.24) is 0 Å². The molecule has 0 aliphatic heterocycles. The van der Waals surface area contributed by atoms with Gasteiger partial charge in [0.05, 0.1) is 11.1 Å². The fraction of sp³-hybridized carbons (Fsp3) is 0.215. The molecule has 0 radical (unpaired) electrons. The molecule has 0 saturated carbocycles. The second-order valence-electron chi connectivity index (χ2n) is 27.4. The molecule has 11 aromatic carbocycles. The lowest BCUT2D eigenvalue weighted by atomic mass is 9.69. The van der Waals surface area contributed by atoms with Gasteiger partial charge >= 0.3 is 0 Å². The molecule has 1 spiro atoms. The second kappa shape index (κ2) is 18.2. The van der Waals surface area contributed by atoms with E-state index < -0.39 is 5.41 Å². The molecule has 0 bridgehead atoms. The Labute approximate surface area is 484 Å². The average molecular weight is 1070 g/mol. The predicted molar refractivity (Wildman–Crippen MR) is 349 cm³/mol. The third kappa shape index (κ3) is 7.90. The van der Waals surface area contributed by atoms with Crippen molar-refractivity contribution in [2.75, 3.05) is 9.80 Å². The molecule has 0 N–H and O–H groups in total. The van der Waals surface area contributed by atoms with Crippen LogP contribution in [0.4, 0.5) is 34.1 Å². The van der Waals surface area contributed by atoms with Crippen LogP contribution in [0.2, 0.25) is 0 Å². The number of furan rings is 1. The predicted octanol–water partition coefficient (Wildman–Crippen LogP) is 22.4. The Morgan fingerprint density at radius 2 is 0.756 bits per heavy atom. The molecule has 0 unspecified atom stereocenters. The highest BCUT2D eigenvalue weighted by atomic mass is 16.3. The van der Waals surface area contributed by atoms with Crippen LogP contribution >= 0.6 is 0 Å². The van der Waals surface area contributed by atoms with E-state index in [4.69, 9.17) is 4.42 Å². The summed E-state index contributed by atoms with van der Waals surface area (Å²) in [7, 11) is 0. The van der Waals surface area contributed by atoms with Gasteiger partial charge in [-0.2, -0.15) is 0 Å². The third-order valence-corrected chi connectivity index (χ3v) is 18.1. The molecule has 0 amide bonds. The average Bonchev–Trinajstić information content (AvgIpc) is 1.64. The summed E-state index contributed by atoms with van der Waals surface area (Å²) in [5.74, 6) is 0. The van der Waals surface area contributed by atoms with E-state index in [9.17, 15) is 0 Å². The first-order valence-electron chi connectivity index (χ1n) is 29.4. The van der Waals surface area contributed by atoms with Gasteiger partial charge in [-0.3, -0.25) is 0 Å². The molecule has 2 aliphatic carbocycles. The van der Waals surface area contributed by atoms with Crippen LogP contribution in [0.15, 0.2) is 223 Å². The van der Waals surface area contributed by atoms with E-state index in [1.165, 1.54) is 88.3 Å². The zero-order valence-corrected chi connectivity index (χ0v) is 49.6. The molecule has 3 heteroatoms. The largest absolute Gasteiger partial charge is 0.456 e. The van der Waals surface area contributed by atoms with Crippen LogP contribution in [0.5, 0.6) is 0 Å². The van der Waals surface area contributed by atoms with E-state index in [0.717, 1.165) is 56.1 Å². The first-order chi connectivity index (χ1) is 39.2. The maximum atomic E-state index is 6.90. The quantitative estimate of drug-likeness (QED) is 0.165. The fourth-order valence-corrected chi connectivity index (χ4v) is 13.8. The molecular weight excluding hydrogens is 993 g/mol. The van der Waals surface area contributed by atoms with Gasteiger partial charge in [-0.25, -0.2) is 0 Å². The van der Waals surface area contributed by atoms with Gasteiger partial charge in [0.15, 0.2) is 0 Å². The minimum atomic E-state index is -0.702. The Hall–Kier alpha value is -8.66. The summed E-state index contributed by atoms with van der Waals surface area (Å²) in [6.45, 7) is 27.5. The summed E-state index contributed by atoms with van der Waals surface area (Å²) < 4.78 is 6.90. The normalized spacial score (nSPS) is 13.7. The van der Waals surface area contributed by atoms with Crippen LogP contribution in [0.25, 0.3) is 65.7 Å². The molecule has 14 rings (SSSR count). The van der Waals surface area contributed by atoms with Gasteiger partial charge in [0.1, 0.15) is 11.2 Å². The van der Waals surface area contributed by atoms with Crippen molar-refractivity contribution in [3.05, 3.63) is 263 Å². The Kier molecular flexibility index (Phi) is 11.4. The van der Waals surface area contributed by atoms with E-state index in [2.05, 4.69) is 311 Å². The summed E-state index contributed by atoms with van der Waals surface area (Å²) in [5, 5.41) is 7.06. The first kappa shape index (κ1) is 51.5. The van der Waals surface area contributed by atoms with Crippen LogP contribution in [-0.2, 0) is 27.1 Å². The molecule has 404 valence electrons. The molecule has 12 aromatic rings. The van der Waals surface area contributed by atoms with Crippen molar-refractivity contribution in [1.29, 1.82) is 0 Å². The number of nitrogens with zero attached hydrogens (tertiary/aromatic N) is 2. The summed E-state index contributed by atoms with van der Waals surface area (Å²) >= 11 is 0. The Bertz CT molecular complexity index is 4350. The van der Waals surface area contributed by atoms with Crippen LogP contribution in [0, 0.1) is 0 Å². The van der Waals surface area contributed by atoms with Crippen LogP contribution in [-0.4, -0.2) is 0 Å². The lowest BCUT2D eigenvalue weighted by Gasteiger charge is -2.34. The van der Waals surface area contributed by atoms with Crippen LogP contribution in [0.1, 0.15) is 128 Å². The SMILES string of the molecule is CC(C)(C)c1ccc(N(c2ccc(C(C)(C)C)cc2)c2ccc3c4c(ccc3c2)-c2c(cc(N(c3ccc(C(C)(C)C)cc3)c3ccc(C(C)(C)C)cc3)c3ccc5oc6ccccc6c5c23)C42c3ccccc3-c3ccccc32)cc1. The Morgan fingerprint density at radius 1 is 0.317 bits per heavy atom. The number of hydrogen-bond acceptors (Lipinski definition) is 3. The minimum Gasteiger partial charge on any atom is -0.456 e. The highest BCUT2D eigenvalue weighted by molar-refractivity contribution is 6.28. The fourth-order valence-electron chi connectivity index (χ4n) is 13.8. The molecule has 0 fully saturated rings. The summed E-state index contributed by atoms with van der Waals surface area (Å²) in [6.07, 6.45) is 0. The van der Waals surface area contributed by atoms with Gasteiger partial charge < -0.3 is 14.2 Å². The number of fused-ring (bicyclic) bond motifs is 18. The van der Waals surface area contributed by atoms with Crippen molar-refractivity contribution in [2.24, 2.45) is 0 Å². The first-order valence-corrected chi connectivity index (χ1v) is 29.4. The number of rotatable bonds is 6. The standard InChI is InChI=1S/C79H72N2O/c1-75(2,3)50-26-34-54(35-27-50)80(55-36-28-51(29-37-55)76(4,5)6)58-42-44-59-49(47-58)25-43-64-71-67(79(74(59)64)65-22-16-13-19-60(65)61-20-14-17-23-66(61)79)48-68(62-45-46-70-72(73(62)71)63-21-15-18-24-69(63)82-70)81(56-38-30-52(31-39-56)77(7,8)9)57-40-32-53(33-41-57)78(10,11)12/h13-48H,1-12H3. The van der Waals surface area contributed by atoms with Crippen molar-refractivity contribution in [3.63, 3.8) is 0 Å². The van der Waals surface area contributed by atoms with E-state index in [1.54, 1.807) is 0 Å². The number of para-hydroxylation sites is 1. The Balaban J connectivity index is 1.10. The van der Waals surface area contributed by atoms with Gasteiger partial charge in [0.25, 0.3) is 0 Å².